The fourth-order valence-electron chi connectivity index (χ4n) is 0.940. The molecule has 0 saturated carbocycles. The third kappa shape index (κ3) is 1.45. The normalized spacial score (nSPS) is 9.71. The summed E-state index contributed by atoms with van der Waals surface area (Å²) in [6.45, 7) is 0. The van der Waals surface area contributed by atoms with E-state index < -0.39 is 5.82 Å². The zero-order valence-electron chi connectivity index (χ0n) is 7.05. The van der Waals surface area contributed by atoms with Gasteiger partial charge in [0.1, 0.15) is 5.69 Å². The topological polar surface area (TPSA) is 43.6 Å². The summed E-state index contributed by atoms with van der Waals surface area (Å²) in [6.07, 6.45) is 10.3. The van der Waals surface area contributed by atoms with E-state index in [0.29, 0.717) is 11.5 Å². The standard InChI is InChI=1S/C9H5FN4/c1-2-8-4-12-9(5-11-8)14-6-7(10)3-13-14/h1,3-6H. The molecule has 0 atom stereocenters. The SMILES string of the molecule is C#Cc1cnc(-n2cc(F)cn2)cn1. The molecule has 0 amide bonds. The summed E-state index contributed by atoms with van der Waals surface area (Å²) >= 11 is 0. The lowest BCUT2D eigenvalue weighted by Gasteiger charge is -1.97. The third-order valence-electron chi connectivity index (χ3n) is 1.57. The quantitative estimate of drug-likeness (QED) is 0.621. The Morgan fingerprint density at radius 1 is 1.29 bits per heavy atom. The van der Waals surface area contributed by atoms with Crippen molar-refractivity contribution in [3.05, 3.63) is 36.3 Å². The molecule has 0 aliphatic rings. The van der Waals surface area contributed by atoms with Gasteiger partial charge in [0.25, 0.3) is 0 Å². The van der Waals surface area contributed by atoms with Crippen molar-refractivity contribution in [2.75, 3.05) is 0 Å². The molecule has 0 spiro atoms. The number of aromatic nitrogens is 4. The smallest absolute Gasteiger partial charge is 0.171 e. The number of terminal acetylenes is 1. The minimum atomic E-state index is -0.423. The van der Waals surface area contributed by atoms with Crippen molar-refractivity contribution in [1.82, 2.24) is 19.7 Å². The maximum Gasteiger partial charge on any atom is 0.171 e. The van der Waals surface area contributed by atoms with Crippen LogP contribution in [0.3, 0.4) is 0 Å². The van der Waals surface area contributed by atoms with Crippen LogP contribution in [0.4, 0.5) is 4.39 Å². The van der Waals surface area contributed by atoms with Crippen molar-refractivity contribution in [1.29, 1.82) is 0 Å². The van der Waals surface area contributed by atoms with E-state index in [1.54, 1.807) is 0 Å². The molecule has 0 N–H and O–H groups in total. The van der Waals surface area contributed by atoms with E-state index in [-0.39, 0.29) is 0 Å². The fraction of sp³-hybridized carbons (Fsp3) is 0. The minimum Gasteiger partial charge on any atom is -0.242 e. The molecule has 0 radical (unpaired) electrons. The maximum atomic E-state index is 12.6. The van der Waals surface area contributed by atoms with Gasteiger partial charge in [-0.25, -0.2) is 19.0 Å². The number of halogens is 1. The van der Waals surface area contributed by atoms with Gasteiger partial charge in [-0.1, -0.05) is 0 Å². The zero-order chi connectivity index (χ0) is 9.97. The number of hydrogen-bond acceptors (Lipinski definition) is 3. The Kier molecular flexibility index (Phi) is 1.95. The molecule has 0 fully saturated rings. The summed E-state index contributed by atoms with van der Waals surface area (Å²) < 4.78 is 13.9. The van der Waals surface area contributed by atoms with Crippen LogP contribution >= 0.6 is 0 Å². The molecule has 0 bridgehead atoms. The molecular weight excluding hydrogens is 183 g/mol. The highest BCUT2D eigenvalue weighted by Gasteiger charge is 2.01. The lowest BCUT2D eigenvalue weighted by molar-refractivity contribution is 0.627. The first-order valence-electron chi connectivity index (χ1n) is 3.79. The van der Waals surface area contributed by atoms with Crippen molar-refractivity contribution in [2.45, 2.75) is 0 Å². The van der Waals surface area contributed by atoms with Crippen LogP contribution in [0.15, 0.2) is 24.8 Å². The predicted molar refractivity (Wildman–Crippen MR) is 47.0 cm³/mol. The molecule has 5 heteroatoms. The van der Waals surface area contributed by atoms with E-state index in [0.717, 1.165) is 6.20 Å². The van der Waals surface area contributed by atoms with E-state index >= 15 is 0 Å². The van der Waals surface area contributed by atoms with Crippen LogP contribution in [0.2, 0.25) is 0 Å². The molecule has 0 unspecified atom stereocenters. The van der Waals surface area contributed by atoms with Crippen LogP contribution in [0, 0.1) is 18.2 Å². The molecule has 0 aromatic carbocycles. The summed E-state index contributed by atoms with van der Waals surface area (Å²) in [6, 6.07) is 0. The van der Waals surface area contributed by atoms with Crippen molar-refractivity contribution in [3.8, 4) is 18.2 Å². The summed E-state index contributed by atoms with van der Waals surface area (Å²) in [4.78, 5) is 7.86. The van der Waals surface area contributed by atoms with Gasteiger partial charge in [0.15, 0.2) is 11.6 Å². The lowest BCUT2D eigenvalue weighted by atomic mass is 10.5. The second kappa shape index (κ2) is 3.26. The first kappa shape index (κ1) is 8.38. The van der Waals surface area contributed by atoms with E-state index in [4.69, 9.17) is 6.42 Å². The molecule has 4 nitrogen and oxygen atoms in total. The van der Waals surface area contributed by atoms with Crippen molar-refractivity contribution < 1.29 is 4.39 Å². The first-order chi connectivity index (χ1) is 6.79. The second-order valence-corrected chi connectivity index (χ2v) is 2.51. The second-order valence-electron chi connectivity index (χ2n) is 2.51. The maximum absolute atomic E-state index is 12.6. The van der Waals surface area contributed by atoms with Gasteiger partial charge >= 0.3 is 0 Å². The van der Waals surface area contributed by atoms with Gasteiger partial charge in [-0.15, -0.1) is 6.42 Å². The van der Waals surface area contributed by atoms with E-state index in [1.165, 1.54) is 23.3 Å². The number of nitrogens with zero attached hydrogens (tertiary/aromatic N) is 4. The molecule has 2 heterocycles. The summed E-state index contributed by atoms with van der Waals surface area (Å²) in [5.41, 5.74) is 0.432. The Hall–Kier alpha value is -2.22. The Balaban J connectivity index is 2.39. The summed E-state index contributed by atoms with van der Waals surface area (Å²) in [7, 11) is 0. The van der Waals surface area contributed by atoms with Crippen LogP contribution < -0.4 is 0 Å². The highest BCUT2D eigenvalue weighted by atomic mass is 19.1. The van der Waals surface area contributed by atoms with Crippen molar-refractivity contribution in [2.24, 2.45) is 0 Å². The van der Waals surface area contributed by atoms with Gasteiger partial charge in [0, 0.05) is 0 Å². The van der Waals surface area contributed by atoms with Crippen LogP contribution in [0.25, 0.3) is 5.82 Å². The Morgan fingerprint density at radius 2 is 2.14 bits per heavy atom. The molecule has 0 aliphatic carbocycles. The average molecular weight is 188 g/mol. The van der Waals surface area contributed by atoms with Gasteiger partial charge in [0.05, 0.1) is 24.8 Å². The number of rotatable bonds is 1. The highest BCUT2D eigenvalue weighted by molar-refractivity contribution is 5.25. The number of hydrogen-bond donors (Lipinski definition) is 0. The van der Waals surface area contributed by atoms with Crippen LogP contribution in [-0.4, -0.2) is 19.7 Å². The lowest BCUT2D eigenvalue weighted by Crippen LogP contribution is -1.99. The predicted octanol–water partition coefficient (Wildman–Crippen LogP) is 0.783. The molecule has 0 saturated heterocycles. The molecule has 2 aromatic heterocycles. The molecular formula is C9H5FN4. The Morgan fingerprint density at radius 3 is 2.64 bits per heavy atom. The van der Waals surface area contributed by atoms with E-state index in [9.17, 15) is 4.39 Å². The van der Waals surface area contributed by atoms with Gasteiger partial charge < -0.3 is 0 Å². The Labute approximate surface area is 79.4 Å². The monoisotopic (exact) mass is 188 g/mol. The molecule has 14 heavy (non-hydrogen) atoms. The molecule has 68 valence electrons. The van der Waals surface area contributed by atoms with Crippen LogP contribution in [0.5, 0.6) is 0 Å². The average Bonchev–Trinajstić information content (AvgIpc) is 2.65. The molecule has 0 aliphatic heterocycles. The molecule has 2 aromatic rings. The minimum absolute atomic E-state index is 0.423. The summed E-state index contributed by atoms with van der Waals surface area (Å²) in [5.74, 6) is 2.33. The highest BCUT2D eigenvalue weighted by Crippen LogP contribution is 2.02. The van der Waals surface area contributed by atoms with E-state index in [2.05, 4.69) is 21.0 Å². The first-order valence-corrected chi connectivity index (χ1v) is 3.79. The zero-order valence-corrected chi connectivity index (χ0v) is 7.05. The summed E-state index contributed by atoms with van der Waals surface area (Å²) in [5, 5.41) is 3.73. The fourth-order valence-corrected chi connectivity index (χ4v) is 0.940. The third-order valence-corrected chi connectivity index (χ3v) is 1.57. The van der Waals surface area contributed by atoms with Crippen molar-refractivity contribution in [3.63, 3.8) is 0 Å². The van der Waals surface area contributed by atoms with Crippen LogP contribution in [-0.2, 0) is 0 Å². The Bertz CT molecular complexity index is 480. The largest absolute Gasteiger partial charge is 0.242 e. The van der Waals surface area contributed by atoms with Crippen molar-refractivity contribution >= 4 is 0 Å². The van der Waals surface area contributed by atoms with Crippen LogP contribution in [0.1, 0.15) is 5.69 Å². The van der Waals surface area contributed by atoms with Gasteiger partial charge in [0.2, 0.25) is 0 Å². The van der Waals surface area contributed by atoms with Gasteiger partial charge in [-0.2, -0.15) is 5.10 Å². The van der Waals surface area contributed by atoms with Gasteiger partial charge in [-0.3, -0.25) is 0 Å². The molecule has 2 rings (SSSR count). The van der Waals surface area contributed by atoms with Gasteiger partial charge in [-0.05, 0) is 5.92 Å². The van der Waals surface area contributed by atoms with E-state index in [1.807, 2.05) is 0 Å².